The maximum Gasteiger partial charge on any atom is 0.246 e. The summed E-state index contributed by atoms with van der Waals surface area (Å²) in [5.41, 5.74) is 0.755. The molecule has 0 atom stereocenters. The summed E-state index contributed by atoms with van der Waals surface area (Å²) in [5, 5.41) is 2.56. The molecule has 1 saturated heterocycles. The van der Waals surface area contributed by atoms with Crippen molar-refractivity contribution in [3.63, 3.8) is 0 Å². The van der Waals surface area contributed by atoms with Crippen LogP contribution in [0.1, 0.15) is 6.42 Å². The van der Waals surface area contributed by atoms with Gasteiger partial charge in [-0.3, -0.25) is 9.59 Å². The number of benzene rings is 1. The normalized spacial score (nSPS) is 16.4. The summed E-state index contributed by atoms with van der Waals surface area (Å²) in [5.74, 6) is 0.492. The van der Waals surface area contributed by atoms with Crippen LogP contribution in [0, 0.1) is 0 Å². The van der Waals surface area contributed by atoms with E-state index in [1.165, 1.54) is 0 Å². The average molecular weight is 234 g/mol. The number of anilines is 1. The first kappa shape index (κ1) is 11.4. The minimum atomic E-state index is -0.107. The Hall–Kier alpha value is -2.04. The number of rotatable bonds is 2. The second kappa shape index (κ2) is 4.86. The van der Waals surface area contributed by atoms with Gasteiger partial charge in [0.2, 0.25) is 11.8 Å². The highest BCUT2D eigenvalue weighted by Gasteiger charge is 2.21. The number of carbonyl (C=O) groups is 2. The summed E-state index contributed by atoms with van der Waals surface area (Å²) in [6, 6.07) is 7.25. The molecule has 5 nitrogen and oxygen atoms in total. The Balaban J connectivity index is 2.24. The van der Waals surface area contributed by atoms with Crippen molar-refractivity contribution < 1.29 is 14.3 Å². The topological polar surface area (TPSA) is 58.6 Å². The molecular formula is C12H14N2O3. The van der Waals surface area contributed by atoms with Crippen LogP contribution >= 0.6 is 0 Å². The van der Waals surface area contributed by atoms with Crippen LogP contribution in [0.2, 0.25) is 0 Å². The average Bonchev–Trinajstić information content (AvgIpc) is 2.52. The summed E-state index contributed by atoms with van der Waals surface area (Å²) in [4.78, 5) is 24.6. The number of hydrogen-bond donors (Lipinski definition) is 1. The highest BCUT2D eigenvalue weighted by molar-refractivity contribution is 5.98. The Kier molecular flexibility index (Phi) is 3.27. The van der Waals surface area contributed by atoms with Crippen LogP contribution in [0.5, 0.6) is 5.75 Å². The van der Waals surface area contributed by atoms with Gasteiger partial charge < -0.3 is 15.0 Å². The SMILES string of the molecule is COc1cccc(N2CCC(=O)NCC2=O)c1. The largest absolute Gasteiger partial charge is 0.497 e. The Morgan fingerprint density at radius 1 is 1.35 bits per heavy atom. The van der Waals surface area contributed by atoms with Gasteiger partial charge in [0.1, 0.15) is 5.75 Å². The van der Waals surface area contributed by atoms with Crippen LogP contribution in [0.4, 0.5) is 5.69 Å². The lowest BCUT2D eigenvalue weighted by molar-refractivity contribution is -0.123. The molecule has 1 aromatic carbocycles. The molecule has 2 rings (SSSR count). The fraction of sp³-hybridized carbons (Fsp3) is 0.333. The van der Waals surface area contributed by atoms with Crippen molar-refractivity contribution in [1.82, 2.24) is 5.32 Å². The van der Waals surface area contributed by atoms with E-state index < -0.39 is 0 Å². The molecule has 0 spiro atoms. The third-order valence-electron chi connectivity index (χ3n) is 2.67. The van der Waals surface area contributed by atoms with Gasteiger partial charge in [-0.25, -0.2) is 0 Å². The lowest BCUT2D eigenvalue weighted by Crippen LogP contribution is -2.35. The van der Waals surface area contributed by atoms with E-state index >= 15 is 0 Å². The predicted molar refractivity (Wildman–Crippen MR) is 63.0 cm³/mol. The predicted octanol–water partition coefficient (Wildman–Crippen LogP) is 0.548. The Bertz CT molecular complexity index is 445. The van der Waals surface area contributed by atoms with Crippen molar-refractivity contribution in [2.24, 2.45) is 0 Å². The number of methoxy groups -OCH3 is 1. The highest BCUT2D eigenvalue weighted by atomic mass is 16.5. The van der Waals surface area contributed by atoms with Crippen LogP contribution < -0.4 is 15.0 Å². The smallest absolute Gasteiger partial charge is 0.246 e. The minimum Gasteiger partial charge on any atom is -0.497 e. The molecule has 0 unspecified atom stereocenters. The van der Waals surface area contributed by atoms with Crippen LogP contribution in [0.3, 0.4) is 0 Å². The second-order valence-corrected chi connectivity index (χ2v) is 3.77. The van der Waals surface area contributed by atoms with E-state index in [4.69, 9.17) is 4.74 Å². The molecule has 17 heavy (non-hydrogen) atoms. The zero-order valence-electron chi connectivity index (χ0n) is 9.60. The molecular weight excluding hydrogens is 220 g/mol. The first-order valence-corrected chi connectivity index (χ1v) is 5.42. The maximum atomic E-state index is 11.8. The summed E-state index contributed by atoms with van der Waals surface area (Å²) < 4.78 is 5.11. The van der Waals surface area contributed by atoms with Gasteiger partial charge in [-0.2, -0.15) is 0 Å². The van der Waals surface area contributed by atoms with Gasteiger partial charge in [-0.05, 0) is 12.1 Å². The molecule has 0 saturated carbocycles. The van der Waals surface area contributed by atoms with E-state index in [-0.39, 0.29) is 18.4 Å². The lowest BCUT2D eigenvalue weighted by atomic mass is 10.2. The third-order valence-corrected chi connectivity index (χ3v) is 2.67. The third kappa shape index (κ3) is 2.55. The molecule has 1 fully saturated rings. The highest BCUT2D eigenvalue weighted by Crippen LogP contribution is 2.21. The van der Waals surface area contributed by atoms with Crippen LogP contribution in [-0.4, -0.2) is 32.0 Å². The zero-order valence-corrected chi connectivity index (χ0v) is 9.60. The quantitative estimate of drug-likeness (QED) is 0.813. The minimum absolute atomic E-state index is 0.0516. The Labute approximate surface area is 99.4 Å². The number of nitrogens with one attached hydrogen (secondary N) is 1. The van der Waals surface area contributed by atoms with E-state index in [0.717, 1.165) is 5.69 Å². The van der Waals surface area contributed by atoms with Crippen molar-refractivity contribution in [1.29, 1.82) is 0 Å². The summed E-state index contributed by atoms with van der Waals surface area (Å²) in [6.07, 6.45) is 0.322. The van der Waals surface area contributed by atoms with Gasteiger partial charge in [-0.1, -0.05) is 6.07 Å². The number of hydrogen-bond acceptors (Lipinski definition) is 3. The molecule has 1 aliphatic heterocycles. The van der Waals surface area contributed by atoms with Gasteiger partial charge in [0.25, 0.3) is 0 Å². The van der Waals surface area contributed by atoms with Crippen molar-refractivity contribution in [3.05, 3.63) is 24.3 Å². The molecule has 1 aromatic rings. The molecule has 90 valence electrons. The van der Waals surface area contributed by atoms with Gasteiger partial charge in [-0.15, -0.1) is 0 Å². The standard InChI is InChI=1S/C12H14N2O3/c1-17-10-4-2-3-9(7-10)14-6-5-11(15)13-8-12(14)16/h2-4,7H,5-6,8H2,1H3,(H,13,15). The molecule has 0 bridgehead atoms. The Morgan fingerprint density at radius 2 is 2.18 bits per heavy atom. The number of nitrogens with zero attached hydrogens (tertiary/aromatic N) is 1. The van der Waals surface area contributed by atoms with Gasteiger partial charge in [0.15, 0.2) is 0 Å². The molecule has 5 heteroatoms. The van der Waals surface area contributed by atoms with Crippen molar-refractivity contribution in [2.45, 2.75) is 6.42 Å². The zero-order chi connectivity index (χ0) is 12.3. The molecule has 2 amide bonds. The molecule has 1 N–H and O–H groups in total. The maximum absolute atomic E-state index is 11.8. The number of carbonyl (C=O) groups excluding carboxylic acids is 2. The van der Waals surface area contributed by atoms with Crippen molar-refractivity contribution >= 4 is 17.5 Å². The van der Waals surface area contributed by atoms with E-state index in [9.17, 15) is 9.59 Å². The molecule has 0 radical (unpaired) electrons. The van der Waals surface area contributed by atoms with Crippen LogP contribution in [0.15, 0.2) is 24.3 Å². The van der Waals surface area contributed by atoms with Crippen molar-refractivity contribution in [3.8, 4) is 5.75 Å². The summed E-state index contributed by atoms with van der Waals surface area (Å²) >= 11 is 0. The van der Waals surface area contributed by atoms with Crippen LogP contribution in [-0.2, 0) is 9.59 Å². The molecule has 1 heterocycles. The van der Waals surface area contributed by atoms with E-state index in [1.54, 1.807) is 18.1 Å². The van der Waals surface area contributed by atoms with Crippen molar-refractivity contribution in [2.75, 3.05) is 25.1 Å². The summed E-state index contributed by atoms with van der Waals surface area (Å²) in [6.45, 7) is 0.452. The van der Waals surface area contributed by atoms with E-state index in [1.807, 2.05) is 18.2 Å². The Morgan fingerprint density at radius 3 is 2.94 bits per heavy atom. The van der Waals surface area contributed by atoms with Crippen LogP contribution in [0.25, 0.3) is 0 Å². The first-order chi connectivity index (χ1) is 8.20. The monoisotopic (exact) mass is 234 g/mol. The molecule has 0 aromatic heterocycles. The van der Waals surface area contributed by atoms with E-state index in [0.29, 0.717) is 18.7 Å². The number of amides is 2. The molecule has 0 aliphatic carbocycles. The lowest BCUT2D eigenvalue weighted by Gasteiger charge is -2.20. The van der Waals surface area contributed by atoms with E-state index in [2.05, 4.69) is 5.32 Å². The first-order valence-electron chi connectivity index (χ1n) is 5.42. The van der Waals surface area contributed by atoms with Gasteiger partial charge in [0, 0.05) is 24.7 Å². The molecule has 1 aliphatic rings. The van der Waals surface area contributed by atoms with Gasteiger partial charge >= 0.3 is 0 Å². The number of ether oxygens (including phenoxy) is 1. The second-order valence-electron chi connectivity index (χ2n) is 3.77. The summed E-state index contributed by atoms with van der Waals surface area (Å²) in [7, 11) is 1.58. The fourth-order valence-electron chi connectivity index (χ4n) is 1.75. The van der Waals surface area contributed by atoms with Gasteiger partial charge in [0.05, 0.1) is 13.7 Å². The fourth-order valence-corrected chi connectivity index (χ4v) is 1.75.